The number of unbranched alkanes of at least 4 members (excludes halogenated alkanes) is 57. The molecule has 65 heavy (non-hydrogen) atoms. The SMILES string of the molecule is CCCCCCCCCCCCCCCCCCCCCCCCCCCCCCCCCCCCCCCCCCCCCCCCCCCCCCCCCCCCP(=O)(O)OC. The molecule has 4 heteroatoms. The van der Waals surface area contributed by atoms with E-state index in [-0.39, 0.29) is 0 Å². The summed E-state index contributed by atoms with van der Waals surface area (Å²) in [6, 6.07) is 0. The molecular formula is C61H125O3P. The van der Waals surface area contributed by atoms with E-state index in [9.17, 15) is 9.46 Å². The molecule has 1 N–H and O–H groups in total. The van der Waals surface area contributed by atoms with Crippen LogP contribution in [0.5, 0.6) is 0 Å². The predicted molar refractivity (Wildman–Crippen MR) is 295 cm³/mol. The van der Waals surface area contributed by atoms with Gasteiger partial charge in [0.2, 0.25) is 0 Å². The van der Waals surface area contributed by atoms with Gasteiger partial charge >= 0.3 is 7.60 Å². The van der Waals surface area contributed by atoms with Gasteiger partial charge in [-0.15, -0.1) is 0 Å². The first kappa shape index (κ1) is 65.1. The van der Waals surface area contributed by atoms with Crippen molar-refractivity contribution in [2.24, 2.45) is 0 Å². The van der Waals surface area contributed by atoms with E-state index in [4.69, 9.17) is 0 Å². The highest BCUT2D eigenvalue weighted by Gasteiger charge is 2.15. The molecule has 0 aromatic carbocycles. The molecule has 0 aromatic rings. The molecule has 1 unspecified atom stereocenters. The second-order valence-corrected chi connectivity index (χ2v) is 23.8. The first-order valence-electron chi connectivity index (χ1n) is 31.0. The van der Waals surface area contributed by atoms with Crippen LogP contribution in [0, 0.1) is 0 Å². The van der Waals surface area contributed by atoms with Gasteiger partial charge in [-0.1, -0.05) is 373 Å². The molecule has 0 aliphatic heterocycles. The van der Waals surface area contributed by atoms with Gasteiger partial charge in [-0.25, -0.2) is 0 Å². The van der Waals surface area contributed by atoms with Crippen LogP contribution in [0.1, 0.15) is 379 Å². The van der Waals surface area contributed by atoms with Crippen molar-refractivity contribution in [1.82, 2.24) is 0 Å². The molecule has 0 fully saturated rings. The average molecular weight is 938 g/mol. The summed E-state index contributed by atoms with van der Waals surface area (Å²) in [6.45, 7) is 2.31. The van der Waals surface area contributed by atoms with Gasteiger partial charge in [0.15, 0.2) is 0 Å². The lowest BCUT2D eigenvalue weighted by atomic mass is 10.0. The van der Waals surface area contributed by atoms with E-state index < -0.39 is 7.60 Å². The summed E-state index contributed by atoms with van der Waals surface area (Å²) in [5, 5.41) is 0. The van der Waals surface area contributed by atoms with E-state index >= 15 is 0 Å². The molecule has 0 spiro atoms. The number of rotatable bonds is 60. The molecule has 0 heterocycles. The second-order valence-electron chi connectivity index (χ2n) is 21.7. The van der Waals surface area contributed by atoms with Gasteiger partial charge in [0, 0.05) is 13.3 Å². The Bertz CT molecular complexity index is 877. The zero-order chi connectivity index (χ0) is 46.9. The lowest BCUT2D eigenvalue weighted by Crippen LogP contribution is -1.91. The van der Waals surface area contributed by atoms with Crippen LogP contribution in [0.4, 0.5) is 0 Å². The number of hydrogen-bond acceptors (Lipinski definition) is 2. The Hall–Kier alpha value is 0.150. The Morgan fingerprint density at radius 2 is 0.338 bits per heavy atom. The monoisotopic (exact) mass is 937 g/mol. The molecule has 0 radical (unpaired) electrons. The van der Waals surface area contributed by atoms with Crippen molar-refractivity contribution in [3.63, 3.8) is 0 Å². The van der Waals surface area contributed by atoms with Gasteiger partial charge in [-0.2, -0.15) is 0 Å². The Kier molecular flexibility index (Phi) is 58.6. The number of hydrogen-bond donors (Lipinski definition) is 1. The zero-order valence-corrected chi connectivity index (χ0v) is 46.3. The van der Waals surface area contributed by atoms with Gasteiger partial charge in [0.1, 0.15) is 0 Å². The summed E-state index contributed by atoms with van der Waals surface area (Å²) in [6.07, 6.45) is 83.9. The summed E-state index contributed by atoms with van der Waals surface area (Å²) in [7, 11) is -1.96. The molecule has 0 aliphatic carbocycles. The van der Waals surface area contributed by atoms with E-state index in [1.807, 2.05) is 0 Å². The molecule has 0 rings (SSSR count). The lowest BCUT2D eigenvalue weighted by Gasteiger charge is -2.08. The van der Waals surface area contributed by atoms with Crippen LogP contribution in [0.3, 0.4) is 0 Å². The highest BCUT2D eigenvalue weighted by Crippen LogP contribution is 2.41. The summed E-state index contributed by atoms with van der Waals surface area (Å²) in [5.74, 6) is 0. The minimum absolute atomic E-state index is 0.309. The second kappa shape index (κ2) is 58.5. The topological polar surface area (TPSA) is 46.5 Å². The molecule has 392 valence electrons. The standard InChI is InChI=1S/C61H125O3P/c1-3-4-5-6-7-8-9-10-11-12-13-14-15-16-17-18-19-20-21-22-23-24-25-26-27-28-29-30-31-32-33-34-35-36-37-38-39-40-41-42-43-44-45-46-47-48-49-50-51-52-53-54-55-56-57-58-59-60-61-65(62,63)64-2/h3-61H2,1-2H3,(H,62,63). The van der Waals surface area contributed by atoms with E-state index in [1.165, 1.54) is 367 Å². The Morgan fingerprint density at radius 1 is 0.231 bits per heavy atom. The van der Waals surface area contributed by atoms with Crippen LogP contribution in [-0.2, 0) is 9.09 Å². The van der Waals surface area contributed by atoms with E-state index in [0.717, 1.165) is 12.8 Å². The highest BCUT2D eigenvalue weighted by molar-refractivity contribution is 7.52. The molecule has 0 saturated carbocycles. The molecule has 0 saturated heterocycles. The molecule has 0 aromatic heterocycles. The predicted octanol–water partition coefficient (Wildman–Crippen LogP) is 23.5. The van der Waals surface area contributed by atoms with Crippen LogP contribution in [0.2, 0.25) is 0 Å². The minimum Gasteiger partial charge on any atom is -0.324 e. The smallest absolute Gasteiger partial charge is 0.324 e. The fourth-order valence-electron chi connectivity index (χ4n) is 10.4. The first-order chi connectivity index (χ1) is 32.1. The van der Waals surface area contributed by atoms with Crippen molar-refractivity contribution in [3.05, 3.63) is 0 Å². The zero-order valence-electron chi connectivity index (χ0n) is 45.4. The van der Waals surface area contributed by atoms with Gasteiger partial charge in [-0.05, 0) is 6.42 Å². The van der Waals surface area contributed by atoms with Gasteiger partial charge in [0.25, 0.3) is 0 Å². The van der Waals surface area contributed by atoms with Crippen LogP contribution in [-0.4, -0.2) is 18.2 Å². The molecule has 0 amide bonds. The van der Waals surface area contributed by atoms with Crippen molar-refractivity contribution in [3.8, 4) is 0 Å². The lowest BCUT2D eigenvalue weighted by molar-refractivity contribution is 0.314. The Morgan fingerprint density at radius 3 is 0.446 bits per heavy atom. The molecule has 1 atom stereocenters. The molecule has 0 aliphatic rings. The van der Waals surface area contributed by atoms with Crippen molar-refractivity contribution in [1.29, 1.82) is 0 Å². The van der Waals surface area contributed by atoms with Crippen molar-refractivity contribution < 1.29 is 14.0 Å². The maximum absolute atomic E-state index is 11.4. The minimum atomic E-state index is -3.28. The first-order valence-corrected chi connectivity index (χ1v) is 32.8. The Labute approximate surface area is 412 Å². The molecule has 0 bridgehead atoms. The largest absolute Gasteiger partial charge is 0.327 e. The maximum atomic E-state index is 11.4. The van der Waals surface area contributed by atoms with E-state index in [2.05, 4.69) is 11.4 Å². The summed E-state index contributed by atoms with van der Waals surface area (Å²) in [4.78, 5) is 9.42. The third kappa shape index (κ3) is 60.2. The fraction of sp³-hybridized carbons (Fsp3) is 1.00. The van der Waals surface area contributed by atoms with E-state index in [0.29, 0.717) is 6.16 Å². The molecular weight excluding hydrogens is 812 g/mol. The normalized spacial score (nSPS) is 12.7. The van der Waals surface area contributed by atoms with Crippen LogP contribution >= 0.6 is 7.60 Å². The maximum Gasteiger partial charge on any atom is 0.327 e. The summed E-state index contributed by atoms with van der Waals surface area (Å²) < 4.78 is 16.1. The van der Waals surface area contributed by atoms with Crippen LogP contribution < -0.4 is 0 Å². The van der Waals surface area contributed by atoms with Gasteiger partial charge in [-0.3, -0.25) is 4.57 Å². The van der Waals surface area contributed by atoms with Crippen LogP contribution in [0.15, 0.2) is 0 Å². The van der Waals surface area contributed by atoms with Gasteiger partial charge in [0.05, 0.1) is 0 Å². The summed E-state index contributed by atoms with van der Waals surface area (Å²) >= 11 is 0. The third-order valence-corrected chi connectivity index (χ3v) is 16.5. The van der Waals surface area contributed by atoms with Crippen molar-refractivity contribution >= 4 is 7.60 Å². The van der Waals surface area contributed by atoms with Crippen LogP contribution in [0.25, 0.3) is 0 Å². The fourth-order valence-corrected chi connectivity index (χ4v) is 11.2. The Balaban J connectivity index is 3.08. The van der Waals surface area contributed by atoms with E-state index in [1.54, 1.807) is 0 Å². The van der Waals surface area contributed by atoms with Crippen molar-refractivity contribution in [2.45, 2.75) is 379 Å². The quantitative estimate of drug-likeness (QED) is 0.0488. The summed E-state index contributed by atoms with van der Waals surface area (Å²) in [5.41, 5.74) is 0. The molecule has 3 nitrogen and oxygen atoms in total. The average Bonchev–Trinajstić information content (AvgIpc) is 3.31. The van der Waals surface area contributed by atoms with Gasteiger partial charge < -0.3 is 9.42 Å². The van der Waals surface area contributed by atoms with Crippen molar-refractivity contribution in [2.75, 3.05) is 13.3 Å². The highest BCUT2D eigenvalue weighted by atomic mass is 31.2. The third-order valence-electron chi connectivity index (χ3n) is 15.1.